The number of nitrogens with zero attached hydrogens (tertiary/aromatic N) is 1. The first-order valence-corrected chi connectivity index (χ1v) is 6.52. The molecule has 0 radical (unpaired) electrons. The fraction of sp³-hybridized carbons (Fsp3) is 0.467. The van der Waals surface area contributed by atoms with Crippen LogP contribution in [0.3, 0.4) is 0 Å². The van der Waals surface area contributed by atoms with Crippen molar-refractivity contribution in [2.75, 3.05) is 0 Å². The Labute approximate surface area is 107 Å². The average molecular weight is 243 g/mol. The summed E-state index contributed by atoms with van der Waals surface area (Å²) in [7, 11) is 0. The van der Waals surface area contributed by atoms with Crippen molar-refractivity contribution >= 4 is 11.8 Å². The van der Waals surface area contributed by atoms with Crippen molar-refractivity contribution in [1.82, 2.24) is 4.90 Å². The first-order valence-electron chi connectivity index (χ1n) is 6.52. The second kappa shape index (κ2) is 3.94. The largest absolute Gasteiger partial charge is 0.278 e. The van der Waals surface area contributed by atoms with Gasteiger partial charge in [0.15, 0.2) is 0 Å². The van der Waals surface area contributed by atoms with Crippen LogP contribution in [0.15, 0.2) is 30.3 Å². The zero-order valence-electron chi connectivity index (χ0n) is 10.6. The van der Waals surface area contributed by atoms with Crippen molar-refractivity contribution in [3.63, 3.8) is 0 Å². The molecule has 1 saturated carbocycles. The van der Waals surface area contributed by atoms with Crippen molar-refractivity contribution in [1.29, 1.82) is 0 Å². The summed E-state index contributed by atoms with van der Waals surface area (Å²) >= 11 is 0. The second-order valence-corrected chi connectivity index (χ2v) is 5.53. The van der Waals surface area contributed by atoms with Gasteiger partial charge >= 0.3 is 0 Å². The number of carbonyl (C=O) groups excluding carboxylic acids is 2. The number of imide groups is 1. The van der Waals surface area contributed by atoms with Crippen LogP contribution in [0.1, 0.15) is 31.7 Å². The lowest BCUT2D eigenvalue weighted by Crippen LogP contribution is -2.46. The van der Waals surface area contributed by atoms with Gasteiger partial charge in [0.1, 0.15) is 0 Å². The van der Waals surface area contributed by atoms with Crippen molar-refractivity contribution < 1.29 is 9.59 Å². The molecule has 1 aromatic carbocycles. The van der Waals surface area contributed by atoms with E-state index in [-0.39, 0.29) is 17.2 Å². The van der Waals surface area contributed by atoms with Gasteiger partial charge in [-0.2, -0.15) is 0 Å². The maximum absolute atomic E-state index is 12.4. The Balaban J connectivity index is 1.82. The molecule has 1 saturated heterocycles. The van der Waals surface area contributed by atoms with E-state index in [0.717, 1.165) is 18.4 Å². The van der Waals surface area contributed by atoms with Crippen LogP contribution in [-0.4, -0.2) is 16.7 Å². The highest BCUT2D eigenvalue weighted by atomic mass is 16.2. The summed E-state index contributed by atoms with van der Waals surface area (Å²) in [6, 6.07) is 9.72. The Bertz CT molecular complexity index is 496. The third-order valence-corrected chi connectivity index (χ3v) is 4.39. The molecule has 3 heteroatoms. The minimum absolute atomic E-state index is 0.0198. The molecular formula is C15H17NO2. The van der Waals surface area contributed by atoms with Crippen LogP contribution in [0.2, 0.25) is 0 Å². The molecular weight excluding hydrogens is 226 g/mol. The predicted molar refractivity (Wildman–Crippen MR) is 67.4 cm³/mol. The van der Waals surface area contributed by atoms with E-state index in [1.165, 1.54) is 4.90 Å². The van der Waals surface area contributed by atoms with Gasteiger partial charge in [0.25, 0.3) is 0 Å². The highest BCUT2D eigenvalue weighted by molar-refractivity contribution is 6.02. The molecule has 0 aromatic heterocycles. The van der Waals surface area contributed by atoms with Gasteiger partial charge < -0.3 is 0 Å². The topological polar surface area (TPSA) is 37.4 Å². The number of hydrogen-bond donors (Lipinski definition) is 0. The van der Waals surface area contributed by atoms with Crippen LogP contribution in [0.5, 0.6) is 0 Å². The summed E-state index contributed by atoms with van der Waals surface area (Å²) in [6.07, 6.45) is 2.21. The number of hydrogen-bond acceptors (Lipinski definition) is 2. The van der Waals surface area contributed by atoms with E-state index in [9.17, 15) is 9.59 Å². The Morgan fingerprint density at radius 2 is 1.94 bits per heavy atom. The van der Waals surface area contributed by atoms with E-state index in [4.69, 9.17) is 0 Å². The van der Waals surface area contributed by atoms with Gasteiger partial charge in [-0.3, -0.25) is 14.5 Å². The molecule has 0 bridgehead atoms. The van der Waals surface area contributed by atoms with Gasteiger partial charge in [-0.1, -0.05) is 37.3 Å². The number of rotatable bonds is 2. The number of amides is 2. The molecule has 1 spiro atoms. The zero-order chi connectivity index (χ0) is 12.8. The third kappa shape index (κ3) is 1.65. The van der Waals surface area contributed by atoms with Crippen LogP contribution < -0.4 is 0 Å². The monoisotopic (exact) mass is 243 g/mol. The second-order valence-electron chi connectivity index (χ2n) is 5.53. The summed E-state index contributed by atoms with van der Waals surface area (Å²) in [5.74, 6) is 0.472. The van der Waals surface area contributed by atoms with E-state index in [1.807, 2.05) is 30.3 Å². The quantitative estimate of drug-likeness (QED) is 0.748. The maximum atomic E-state index is 12.4. The number of piperidine rings is 1. The summed E-state index contributed by atoms with van der Waals surface area (Å²) in [5, 5.41) is 0. The van der Waals surface area contributed by atoms with E-state index >= 15 is 0 Å². The number of likely N-dealkylation sites (tertiary alicyclic amines) is 1. The Hall–Kier alpha value is -1.64. The molecule has 2 aliphatic rings. The van der Waals surface area contributed by atoms with Crippen LogP contribution >= 0.6 is 0 Å². The lowest BCUT2D eigenvalue weighted by molar-refractivity contribution is -0.154. The molecule has 1 aliphatic carbocycles. The number of benzene rings is 1. The molecule has 2 unspecified atom stereocenters. The molecule has 1 aliphatic heterocycles. The highest BCUT2D eigenvalue weighted by Gasteiger charge is 2.60. The fourth-order valence-electron chi connectivity index (χ4n) is 3.01. The van der Waals surface area contributed by atoms with E-state index < -0.39 is 0 Å². The standard InChI is InChI=1S/C15H17NO2/c1-11-9-15(11)8-7-13(17)16(14(15)18)10-12-5-3-2-4-6-12/h2-6,11H,7-10H2,1H3. The van der Waals surface area contributed by atoms with Gasteiger partial charge in [0.2, 0.25) is 11.8 Å². The normalized spacial score (nSPS) is 30.9. The lowest BCUT2D eigenvalue weighted by atomic mass is 9.91. The third-order valence-electron chi connectivity index (χ3n) is 4.39. The summed E-state index contributed by atoms with van der Waals surface area (Å²) < 4.78 is 0. The highest BCUT2D eigenvalue weighted by Crippen LogP contribution is 2.58. The molecule has 2 fully saturated rings. The summed E-state index contributed by atoms with van der Waals surface area (Å²) in [5.41, 5.74) is 0.812. The summed E-state index contributed by atoms with van der Waals surface area (Å²) in [6.45, 7) is 2.53. The predicted octanol–water partition coefficient (Wildman–Crippen LogP) is 2.36. The van der Waals surface area contributed by atoms with E-state index in [1.54, 1.807) is 0 Å². The van der Waals surface area contributed by atoms with Crippen molar-refractivity contribution in [2.24, 2.45) is 11.3 Å². The van der Waals surface area contributed by atoms with Crippen molar-refractivity contribution in [2.45, 2.75) is 32.7 Å². The van der Waals surface area contributed by atoms with Crippen LogP contribution in [-0.2, 0) is 16.1 Å². The minimum atomic E-state index is -0.206. The molecule has 2 atom stereocenters. The Kier molecular flexibility index (Phi) is 2.51. The van der Waals surface area contributed by atoms with Gasteiger partial charge in [-0.05, 0) is 24.3 Å². The molecule has 0 N–H and O–H groups in total. The van der Waals surface area contributed by atoms with Crippen LogP contribution in [0.25, 0.3) is 0 Å². The number of carbonyl (C=O) groups is 2. The van der Waals surface area contributed by atoms with Crippen molar-refractivity contribution in [3.8, 4) is 0 Å². The van der Waals surface area contributed by atoms with Crippen LogP contribution in [0.4, 0.5) is 0 Å². The minimum Gasteiger partial charge on any atom is -0.278 e. The fourth-order valence-corrected chi connectivity index (χ4v) is 3.01. The van der Waals surface area contributed by atoms with E-state index in [2.05, 4.69) is 6.92 Å². The molecule has 1 aromatic rings. The van der Waals surface area contributed by atoms with Gasteiger partial charge in [0, 0.05) is 6.42 Å². The first-order chi connectivity index (χ1) is 8.63. The molecule has 3 nitrogen and oxygen atoms in total. The smallest absolute Gasteiger partial charge is 0.235 e. The molecule has 1 heterocycles. The molecule has 3 rings (SSSR count). The lowest BCUT2D eigenvalue weighted by Gasteiger charge is -2.31. The average Bonchev–Trinajstić information content (AvgIpc) is 3.04. The molecule has 2 amide bonds. The van der Waals surface area contributed by atoms with Crippen LogP contribution in [0, 0.1) is 11.3 Å². The van der Waals surface area contributed by atoms with Gasteiger partial charge in [0.05, 0.1) is 12.0 Å². The molecule has 18 heavy (non-hydrogen) atoms. The van der Waals surface area contributed by atoms with Gasteiger partial charge in [-0.25, -0.2) is 0 Å². The summed E-state index contributed by atoms with van der Waals surface area (Å²) in [4.78, 5) is 25.8. The maximum Gasteiger partial charge on any atom is 0.235 e. The Morgan fingerprint density at radius 3 is 2.56 bits per heavy atom. The van der Waals surface area contributed by atoms with Crippen molar-refractivity contribution in [3.05, 3.63) is 35.9 Å². The Morgan fingerprint density at radius 1 is 1.28 bits per heavy atom. The SMILES string of the molecule is CC1CC12CCC(=O)N(Cc1ccccc1)C2=O. The first kappa shape index (κ1) is 11.5. The zero-order valence-corrected chi connectivity index (χ0v) is 10.6. The van der Waals surface area contributed by atoms with Gasteiger partial charge in [-0.15, -0.1) is 0 Å². The van der Waals surface area contributed by atoms with E-state index in [0.29, 0.717) is 18.9 Å². The molecule has 94 valence electrons.